The molecule has 0 amide bonds. The molecule has 0 radical (unpaired) electrons. The summed E-state index contributed by atoms with van der Waals surface area (Å²) in [5, 5.41) is 0. The van der Waals surface area contributed by atoms with Crippen molar-refractivity contribution in [3.05, 3.63) is 60.8 Å². The molecule has 0 saturated carbocycles. The summed E-state index contributed by atoms with van der Waals surface area (Å²) in [4.78, 5) is 37.9. The Morgan fingerprint density at radius 2 is 0.650 bits per heavy atom. The molecule has 1 unspecified atom stereocenters. The van der Waals surface area contributed by atoms with Gasteiger partial charge in [0.15, 0.2) is 6.10 Å². The van der Waals surface area contributed by atoms with Crippen molar-refractivity contribution in [1.29, 1.82) is 0 Å². The number of hydrogen-bond acceptors (Lipinski definition) is 6. The Balaban J connectivity index is 4.40. The molecule has 0 aromatic heterocycles. The number of allylic oxidation sites excluding steroid dienone is 10. The van der Waals surface area contributed by atoms with Crippen molar-refractivity contribution in [1.82, 2.24) is 0 Å². The SMILES string of the molecule is CC/C=C\C/C=C\CCCCCCCCCC(=O)OC(COC(=O)CCCCCCC/C=C\C/C=C\CC)COC(=O)CCCCCCC/C=C\CCCCCCCCC. The predicted octanol–water partition coefficient (Wildman–Crippen LogP) is 16.5. The maximum absolute atomic E-state index is 12.8. The van der Waals surface area contributed by atoms with Gasteiger partial charge in [-0.1, -0.05) is 191 Å². The zero-order valence-corrected chi connectivity index (χ0v) is 39.5. The number of esters is 3. The normalized spacial score (nSPS) is 12.5. The highest BCUT2D eigenvalue weighted by Crippen LogP contribution is 2.14. The molecule has 0 aromatic carbocycles. The monoisotopic (exact) mass is 839 g/mol. The van der Waals surface area contributed by atoms with E-state index in [0.717, 1.165) is 116 Å². The first-order valence-corrected chi connectivity index (χ1v) is 25.3. The maximum atomic E-state index is 12.8. The van der Waals surface area contributed by atoms with Gasteiger partial charge in [-0.3, -0.25) is 14.4 Å². The van der Waals surface area contributed by atoms with Gasteiger partial charge in [-0.2, -0.15) is 0 Å². The molecule has 0 heterocycles. The number of carbonyl (C=O) groups is 3. The van der Waals surface area contributed by atoms with Crippen LogP contribution in [-0.2, 0) is 28.6 Å². The Hall–Kier alpha value is -2.89. The quantitative estimate of drug-likeness (QED) is 0.0263. The molecule has 0 fully saturated rings. The van der Waals surface area contributed by atoms with Crippen LogP contribution in [-0.4, -0.2) is 37.2 Å². The first kappa shape index (κ1) is 57.1. The lowest BCUT2D eigenvalue weighted by molar-refractivity contribution is -0.167. The fourth-order valence-electron chi connectivity index (χ4n) is 6.98. The van der Waals surface area contributed by atoms with Gasteiger partial charge in [-0.05, 0) is 96.3 Å². The van der Waals surface area contributed by atoms with Crippen LogP contribution in [0.15, 0.2) is 60.8 Å². The number of unbranched alkanes of at least 4 members (excludes halogenated alkanes) is 24. The van der Waals surface area contributed by atoms with Crippen LogP contribution in [0.3, 0.4) is 0 Å². The Morgan fingerprint density at radius 3 is 1.02 bits per heavy atom. The second-order valence-electron chi connectivity index (χ2n) is 16.7. The minimum atomic E-state index is -0.786. The molecular weight excluding hydrogens is 745 g/mol. The van der Waals surface area contributed by atoms with Gasteiger partial charge in [0, 0.05) is 19.3 Å². The fraction of sp³-hybridized carbons (Fsp3) is 0.759. The Bertz CT molecular complexity index is 1100. The van der Waals surface area contributed by atoms with Crippen LogP contribution < -0.4 is 0 Å². The van der Waals surface area contributed by atoms with E-state index in [0.29, 0.717) is 19.3 Å². The van der Waals surface area contributed by atoms with Crippen molar-refractivity contribution in [2.24, 2.45) is 0 Å². The van der Waals surface area contributed by atoms with Crippen LogP contribution in [0, 0.1) is 0 Å². The van der Waals surface area contributed by atoms with Gasteiger partial charge in [-0.15, -0.1) is 0 Å². The van der Waals surface area contributed by atoms with E-state index in [2.05, 4.69) is 81.5 Å². The van der Waals surface area contributed by atoms with Crippen molar-refractivity contribution in [2.75, 3.05) is 13.2 Å². The average Bonchev–Trinajstić information content (AvgIpc) is 3.24. The Labute approximate surface area is 370 Å². The van der Waals surface area contributed by atoms with Crippen molar-refractivity contribution in [3.63, 3.8) is 0 Å². The molecule has 0 aliphatic heterocycles. The van der Waals surface area contributed by atoms with E-state index < -0.39 is 6.10 Å². The topological polar surface area (TPSA) is 78.9 Å². The predicted molar refractivity (Wildman–Crippen MR) is 256 cm³/mol. The Morgan fingerprint density at radius 1 is 0.350 bits per heavy atom. The fourth-order valence-corrected chi connectivity index (χ4v) is 6.98. The molecule has 0 rings (SSSR count). The lowest BCUT2D eigenvalue weighted by Gasteiger charge is -2.18. The largest absolute Gasteiger partial charge is 0.462 e. The minimum Gasteiger partial charge on any atom is -0.462 e. The molecule has 0 aliphatic rings. The number of hydrogen-bond donors (Lipinski definition) is 0. The van der Waals surface area contributed by atoms with Crippen LogP contribution in [0.5, 0.6) is 0 Å². The molecule has 0 aliphatic carbocycles. The molecule has 6 nitrogen and oxygen atoms in total. The van der Waals surface area contributed by atoms with Gasteiger partial charge < -0.3 is 14.2 Å². The maximum Gasteiger partial charge on any atom is 0.306 e. The highest BCUT2D eigenvalue weighted by atomic mass is 16.6. The van der Waals surface area contributed by atoms with Crippen LogP contribution in [0.25, 0.3) is 0 Å². The minimum absolute atomic E-state index is 0.0863. The van der Waals surface area contributed by atoms with Crippen molar-refractivity contribution >= 4 is 17.9 Å². The molecule has 6 heteroatoms. The standard InChI is InChI=1S/C54H94O6/c1-4-7-10-13-16-19-22-25-27-28-30-32-35-38-41-44-47-53(56)59-50-51(49-58-52(55)46-43-40-37-34-31-24-21-18-15-12-9-6-3)60-54(57)48-45-42-39-36-33-29-26-23-20-17-14-11-8-5-2/h8-9,11-12,17-18,20-21,27-28,51H,4-7,10,13-16,19,22-26,29-50H2,1-3H3/b11-8-,12-9-,20-17-,21-18-,28-27-. The van der Waals surface area contributed by atoms with Gasteiger partial charge in [0.25, 0.3) is 0 Å². The van der Waals surface area contributed by atoms with Gasteiger partial charge in [-0.25, -0.2) is 0 Å². The van der Waals surface area contributed by atoms with Gasteiger partial charge >= 0.3 is 17.9 Å². The van der Waals surface area contributed by atoms with E-state index in [1.54, 1.807) is 0 Å². The lowest BCUT2D eigenvalue weighted by atomic mass is 10.1. The summed E-state index contributed by atoms with van der Waals surface area (Å²) in [5.74, 6) is -0.915. The van der Waals surface area contributed by atoms with Crippen LogP contribution in [0.2, 0.25) is 0 Å². The van der Waals surface area contributed by atoms with Crippen molar-refractivity contribution < 1.29 is 28.6 Å². The summed E-state index contributed by atoms with van der Waals surface area (Å²) < 4.78 is 16.8. The third-order valence-corrected chi connectivity index (χ3v) is 10.7. The molecule has 0 bridgehead atoms. The first-order chi connectivity index (χ1) is 29.5. The summed E-state index contributed by atoms with van der Waals surface area (Å²) in [7, 11) is 0. The van der Waals surface area contributed by atoms with Crippen molar-refractivity contribution in [3.8, 4) is 0 Å². The van der Waals surface area contributed by atoms with E-state index in [4.69, 9.17) is 14.2 Å². The van der Waals surface area contributed by atoms with E-state index in [9.17, 15) is 14.4 Å². The van der Waals surface area contributed by atoms with Crippen LogP contribution >= 0.6 is 0 Å². The zero-order chi connectivity index (χ0) is 43.7. The van der Waals surface area contributed by atoms with Crippen LogP contribution in [0.4, 0.5) is 0 Å². The molecule has 60 heavy (non-hydrogen) atoms. The average molecular weight is 839 g/mol. The number of ether oxygens (including phenoxy) is 3. The van der Waals surface area contributed by atoms with Crippen molar-refractivity contribution in [2.45, 2.75) is 252 Å². The Kier molecular flexibility index (Phi) is 46.4. The zero-order valence-electron chi connectivity index (χ0n) is 39.5. The second kappa shape index (κ2) is 48.8. The molecular formula is C54H94O6. The van der Waals surface area contributed by atoms with Gasteiger partial charge in [0.2, 0.25) is 0 Å². The molecule has 0 N–H and O–H groups in total. The summed E-state index contributed by atoms with van der Waals surface area (Å²) in [6.45, 7) is 6.40. The molecule has 346 valence electrons. The molecule has 1 atom stereocenters. The summed E-state index contributed by atoms with van der Waals surface area (Å²) in [5.41, 5.74) is 0. The first-order valence-electron chi connectivity index (χ1n) is 25.3. The molecule has 0 saturated heterocycles. The number of rotatable bonds is 45. The van der Waals surface area contributed by atoms with Gasteiger partial charge in [0.1, 0.15) is 13.2 Å². The molecule has 0 aromatic rings. The highest BCUT2D eigenvalue weighted by Gasteiger charge is 2.19. The van der Waals surface area contributed by atoms with E-state index in [1.165, 1.54) is 89.9 Å². The number of carbonyl (C=O) groups excluding carboxylic acids is 3. The third kappa shape index (κ3) is 46.2. The third-order valence-electron chi connectivity index (χ3n) is 10.7. The van der Waals surface area contributed by atoms with E-state index >= 15 is 0 Å². The van der Waals surface area contributed by atoms with Gasteiger partial charge in [0.05, 0.1) is 0 Å². The summed E-state index contributed by atoms with van der Waals surface area (Å²) >= 11 is 0. The second-order valence-corrected chi connectivity index (χ2v) is 16.7. The smallest absolute Gasteiger partial charge is 0.306 e. The van der Waals surface area contributed by atoms with Crippen LogP contribution in [0.1, 0.15) is 245 Å². The highest BCUT2D eigenvalue weighted by molar-refractivity contribution is 5.71. The summed E-state index contributed by atoms with van der Waals surface area (Å²) in [6, 6.07) is 0. The van der Waals surface area contributed by atoms with E-state index in [-0.39, 0.29) is 31.1 Å². The van der Waals surface area contributed by atoms with E-state index in [1.807, 2.05) is 0 Å². The molecule has 0 spiro atoms. The summed E-state index contributed by atoms with van der Waals surface area (Å²) in [6.07, 6.45) is 59.2. The lowest BCUT2D eigenvalue weighted by Crippen LogP contribution is -2.30.